The molecule has 2 unspecified atom stereocenters. The monoisotopic (exact) mass is 303 g/mol. The van der Waals surface area contributed by atoms with Gasteiger partial charge in [-0.15, -0.1) is 0 Å². The first-order valence-electron chi connectivity index (χ1n) is 7.32. The average molecular weight is 303 g/mol. The predicted molar refractivity (Wildman–Crippen MR) is 75.8 cm³/mol. The molecule has 1 saturated heterocycles. The highest BCUT2D eigenvalue weighted by Gasteiger charge is 2.40. The van der Waals surface area contributed by atoms with Crippen LogP contribution in [0.1, 0.15) is 47.4 Å². The third-order valence-electron chi connectivity index (χ3n) is 3.97. The zero-order chi connectivity index (χ0) is 15.9. The van der Waals surface area contributed by atoms with Crippen LogP contribution in [-0.4, -0.2) is 35.1 Å². The number of amides is 2. The van der Waals surface area contributed by atoms with Gasteiger partial charge in [0.25, 0.3) is 11.8 Å². The molecule has 2 amide bonds. The number of hydroxylamine groups is 2. The normalized spacial score (nSPS) is 27.7. The molecular formula is C16H17NO5. The van der Waals surface area contributed by atoms with Crippen molar-refractivity contribution < 1.29 is 24.0 Å². The van der Waals surface area contributed by atoms with Gasteiger partial charge in [-0.25, -0.2) is 4.79 Å². The third kappa shape index (κ3) is 2.50. The van der Waals surface area contributed by atoms with E-state index in [0.717, 1.165) is 0 Å². The minimum Gasteiger partial charge on any atom is -0.376 e. The summed E-state index contributed by atoms with van der Waals surface area (Å²) in [5.74, 6) is -2.12. The van der Waals surface area contributed by atoms with Crippen LogP contribution in [-0.2, 0) is 14.4 Å². The molecule has 6 heteroatoms. The molecule has 116 valence electrons. The number of fused-ring (bicyclic) bond motifs is 1. The molecule has 0 N–H and O–H groups in total. The summed E-state index contributed by atoms with van der Waals surface area (Å²) in [7, 11) is 0. The molecular weight excluding hydrogens is 286 g/mol. The van der Waals surface area contributed by atoms with Crippen LogP contribution in [0.5, 0.6) is 0 Å². The van der Waals surface area contributed by atoms with Gasteiger partial charge >= 0.3 is 5.97 Å². The maximum Gasteiger partial charge on any atom is 0.336 e. The molecule has 1 aromatic rings. The molecule has 2 atom stereocenters. The number of rotatable bonds is 2. The quantitative estimate of drug-likeness (QED) is 0.781. The van der Waals surface area contributed by atoms with E-state index < -0.39 is 17.8 Å². The highest BCUT2D eigenvalue weighted by Crippen LogP contribution is 2.28. The fraction of sp³-hybridized carbons (Fsp3) is 0.438. The minimum absolute atomic E-state index is 0.0523. The van der Waals surface area contributed by atoms with Crippen LogP contribution < -0.4 is 0 Å². The highest BCUT2D eigenvalue weighted by atomic mass is 16.7. The Labute approximate surface area is 127 Å². The van der Waals surface area contributed by atoms with Crippen LogP contribution >= 0.6 is 0 Å². The Balaban J connectivity index is 1.73. The van der Waals surface area contributed by atoms with Gasteiger partial charge in [0.15, 0.2) is 0 Å². The molecule has 0 bridgehead atoms. The number of imide groups is 1. The third-order valence-corrected chi connectivity index (χ3v) is 3.97. The maximum atomic E-state index is 12.3. The second kappa shape index (κ2) is 5.53. The van der Waals surface area contributed by atoms with E-state index in [1.165, 1.54) is 0 Å². The summed E-state index contributed by atoms with van der Waals surface area (Å²) in [6.45, 7) is 3.77. The largest absolute Gasteiger partial charge is 0.376 e. The van der Waals surface area contributed by atoms with Crippen molar-refractivity contribution in [2.24, 2.45) is 5.92 Å². The van der Waals surface area contributed by atoms with Gasteiger partial charge in [-0.05, 0) is 38.8 Å². The first-order valence-corrected chi connectivity index (χ1v) is 7.32. The summed E-state index contributed by atoms with van der Waals surface area (Å²) >= 11 is 0. The first-order chi connectivity index (χ1) is 10.5. The smallest absolute Gasteiger partial charge is 0.336 e. The number of hydrogen-bond donors (Lipinski definition) is 0. The zero-order valence-electron chi connectivity index (χ0n) is 12.4. The molecule has 1 fully saturated rings. The van der Waals surface area contributed by atoms with Crippen LogP contribution in [0.25, 0.3) is 0 Å². The summed E-state index contributed by atoms with van der Waals surface area (Å²) in [5, 5.41) is 0.567. The zero-order valence-corrected chi connectivity index (χ0v) is 12.4. The van der Waals surface area contributed by atoms with Crippen molar-refractivity contribution in [3.05, 3.63) is 35.4 Å². The second-order valence-electron chi connectivity index (χ2n) is 5.79. The van der Waals surface area contributed by atoms with Crippen LogP contribution in [0, 0.1) is 5.92 Å². The van der Waals surface area contributed by atoms with Gasteiger partial charge in [0.1, 0.15) is 0 Å². The lowest BCUT2D eigenvalue weighted by Gasteiger charge is -2.31. The number of carbonyl (C=O) groups excluding carboxylic acids is 3. The van der Waals surface area contributed by atoms with Crippen LogP contribution in [0.2, 0.25) is 0 Å². The van der Waals surface area contributed by atoms with E-state index >= 15 is 0 Å². The van der Waals surface area contributed by atoms with Gasteiger partial charge in [0.05, 0.1) is 29.3 Å². The molecule has 3 rings (SSSR count). The van der Waals surface area contributed by atoms with Crippen LogP contribution in [0.3, 0.4) is 0 Å². The molecule has 0 radical (unpaired) electrons. The molecule has 0 spiro atoms. The lowest BCUT2D eigenvalue weighted by molar-refractivity contribution is -0.180. The number of benzene rings is 1. The minimum atomic E-state index is -0.595. The SMILES string of the molecule is CC1CC(C(=O)ON2C(=O)c3ccccc3C2=O)CC(C)O1. The Morgan fingerprint density at radius 1 is 1.09 bits per heavy atom. The fourth-order valence-corrected chi connectivity index (χ4v) is 3.01. The van der Waals surface area contributed by atoms with Crippen molar-refractivity contribution >= 4 is 17.8 Å². The highest BCUT2D eigenvalue weighted by molar-refractivity contribution is 6.20. The number of hydrogen-bond acceptors (Lipinski definition) is 5. The Morgan fingerprint density at radius 2 is 1.59 bits per heavy atom. The van der Waals surface area contributed by atoms with Crippen molar-refractivity contribution in [3.63, 3.8) is 0 Å². The summed E-state index contributed by atoms with van der Waals surface area (Å²) in [6, 6.07) is 6.42. The van der Waals surface area contributed by atoms with Crippen molar-refractivity contribution in [1.82, 2.24) is 5.06 Å². The molecule has 0 aromatic heterocycles. The Morgan fingerprint density at radius 3 is 2.09 bits per heavy atom. The number of carbonyl (C=O) groups is 3. The van der Waals surface area contributed by atoms with Gasteiger partial charge in [0, 0.05) is 0 Å². The van der Waals surface area contributed by atoms with Crippen molar-refractivity contribution in [2.75, 3.05) is 0 Å². The molecule has 22 heavy (non-hydrogen) atoms. The van der Waals surface area contributed by atoms with Crippen molar-refractivity contribution in [1.29, 1.82) is 0 Å². The van der Waals surface area contributed by atoms with Crippen molar-refractivity contribution in [2.45, 2.75) is 38.9 Å². The van der Waals surface area contributed by atoms with Gasteiger partial charge < -0.3 is 9.57 Å². The van der Waals surface area contributed by atoms with Gasteiger partial charge in [0.2, 0.25) is 0 Å². The van der Waals surface area contributed by atoms with E-state index in [-0.39, 0.29) is 29.3 Å². The average Bonchev–Trinajstić information content (AvgIpc) is 2.72. The molecule has 1 aromatic carbocycles. The van der Waals surface area contributed by atoms with Crippen LogP contribution in [0.4, 0.5) is 0 Å². The molecule has 0 saturated carbocycles. The van der Waals surface area contributed by atoms with E-state index in [0.29, 0.717) is 17.9 Å². The van der Waals surface area contributed by atoms with Crippen LogP contribution in [0.15, 0.2) is 24.3 Å². The van der Waals surface area contributed by atoms with Crippen molar-refractivity contribution in [3.8, 4) is 0 Å². The van der Waals surface area contributed by atoms with Gasteiger partial charge in [-0.3, -0.25) is 9.59 Å². The van der Waals surface area contributed by atoms with Gasteiger partial charge in [-0.2, -0.15) is 0 Å². The van der Waals surface area contributed by atoms with E-state index in [1.807, 2.05) is 13.8 Å². The summed E-state index contributed by atoms with van der Waals surface area (Å²) in [5.41, 5.74) is 0.517. The second-order valence-corrected chi connectivity index (χ2v) is 5.79. The summed E-state index contributed by atoms with van der Waals surface area (Å²) < 4.78 is 5.57. The molecule has 2 aliphatic rings. The molecule has 2 aliphatic heterocycles. The predicted octanol–water partition coefficient (Wildman–Crippen LogP) is 1.94. The standard InChI is InChI=1S/C16H17NO5/c1-9-7-11(8-10(2)21-9)16(20)22-17-14(18)12-5-3-4-6-13(12)15(17)19/h3-6,9-11H,7-8H2,1-2H3. The number of nitrogens with zero attached hydrogens (tertiary/aromatic N) is 1. The van der Waals surface area contributed by atoms with Gasteiger partial charge in [-0.1, -0.05) is 17.2 Å². The lowest BCUT2D eigenvalue weighted by Crippen LogP contribution is -2.39. The van der Waals surface area contributed by atoms with E-state index in [4.69, 9.17) is 9.57 Å². The molecule has 0 aliphatic carbocycles. The summed E-state index contributed by atoms with van der Waals surface area (Å²) in [6.07, 6.45) is 0.936. The lowest BCUT2D eigenvalue weighted by atomic mass is 9.93. The van der Waals surface area contributed by atoms with E-state index in [9.17, 15) is 14.4 Å². The Bertz CT molecular complexity index is 596. The van der Waals surface area contributed by atoms with E-state index in [1.54, 1.807) is 24.3 Å². The topological polar surface area (TPSA) is 72.9 Å². The Kier molecular flexibility index (Phi) is 3.70. The number of ether oxygens (including phenoxy) is 1. The fourth-order valence-electron chi connectivity index (χ4n) is 3.01. The van der Waals surface area contributed by atoms with E-state index in [2.05, 4.69) is 0 Å². The summed E-state index contributed by atoms with van der Waals surface area (Å²) in [4.78, 5) is 41.7. The first kappa shape index (κ1) is 14.7. The Hall–Kier alpha value is -2.21. The molecule has 6 nitrogen and oxygen atoms in total. The molecule has 2 heterocycles. The maximum absolute atomic E-state index is 12.3.